The van der Waals surface area contributed by atoms with Gasteiger partial charge in [-0.1, -0.05) is 12.2 Å². The largest absolute Gasteiger partial charge is 0.388 e. The summed E-state index contributed by atoms with van der Waals surface area (Å²) in [6.07, 6.45) is 5.77. The molecule has 3 rings (SSSR count). The third kappa shape index (κ3) is 3.28. The Bertz CT molecular complexity index is 618. The zero-order chi connectivity index (χ0) is 14.7. The predicted molar refractivity (Wildman–Crippen MR) is 89.1 cm³/mol. The van der Waals surface area contributed by atoms with E-state index in [1.165, 1.54) is 18.5 Å². The Kier molecular flexibility index (Phi) is 3.96. The lowest BCUT2D eigenvalue weighted by Gasteiger charge is -2.17. The van der Waals surface area contributed by atoms with Crippen LogP contribution in [0.2, 0.25) is 0 Å². The Hall–Kier alpha value is -2.21. The van der Waals surface area contributed by atoms with E-state index in [9.17, 15) is 0 Å². The molecule has 0 spiro atoms. The number of anilines is 3. The van der Waals surface area contributed by atoms with Gasteiger partial charge in [-0.2, -0.15) is 0 Å². The molecule has 21 heavy (non-hydrogen) atoms. The summed E-state index contributed by atoms with van der Waals surface area (Å²) in [7, 11) is 0. The van der Waals surface area contributed by atoms with Gasteiger partial charge in [-0.05, 0) is 37.1 Å². The number of nitrogens with zero attached hydrogens (tertiary/aromatic N) is 3. The third-order valence-electron chi connectivity index (χ3n) is 3.52. The highest BCUT2D eigenvalue weighted by molar-refractivity contribution is 7.80. The van der Waals surface area contributed by atoms with Crippen molar-refractivity contribution in [2.24, 2.45) is 5.73 Å². The van der Waals surface area contributed by atoms with Crippen molar-refractivity contribution >= 4 is 34.4 Å². The van der Waals surface area contributed by atoms with Crippen LogP contribution in [0.4, 0.5) is 17.2 Å². The summed E-state index contributed by atoms with van der Waals surface area (Å²) < 4.78 is 0. The topological polar surface area (TPSA) is 67.1 Å². The monoisotopic (exact) mass is 299 g/mol. The average Bonchev–Trinajstić information content (AvgIpc) is 3.03. The van der Waals surface area contributed by atoms with Gasteiger partial charge in [-0.3, -0.25) is 0 Å². The molecule has 6 heteroatoms. The standard InChI is InChI=1S/C15H17N5S/c16-15(21)13-9-18-14(10-17-13)19-11-3-5-12(6-4-11)20-7-1-2-8-20/h3-6,9-10H,1-2,7-8H2,(H2,16,21)(H,18,19). The van der Waals surface area contributed by atoms with E-state index in [0.717, 1.165) is 18.8 Å². The molecule has 5 nitrogen and oxygen atoms in total. The molecule has 0 aliphatic carbocycles. The zero-order valence-electron chi connectivity index (χ0n) is 11.6. The van der Waals surface area contributed by atoms with Gasteiger partial charge in [-0.15, -0.1) is 0 Å². The van der Waals surface area contributed by atoms with Crippen LogP contribution in [0.25, 0.3) is 0 Å². The number of benzene rings is 1. The maximum atomic E-state index is 5.50. The summed E-state index contributed by atoms with van der Waals surface area (Å²) in [5, 5.41) is 3.21. The number of nitrogens with two attached hydrogens (primary N) is 1. The fourth-order valence-electron chi connectivity index (χ4n) is 2.40. The molecule has 2 heterocycles. The summed E-state index contributed by atoms with van der Waals surface area (Å²) in [4.78, 5) is 11.1. The van der Waals surface area contributed by atoms with E-state index in [1.807, 2.05) is 0 Å². The average molecular weight is 299 g/mol. The molecule has 1 aliphatic rings. The highest BCUT2D eigenvalue weighted by Crippen LogP contribution is 2.23. The van der Waals surface area contributed by atoms with Gasteiger partial charge >= 0.3 is 0 Å². The van der Waals surface area contributed by atoms with Gasteiger partial charge in [-0.25, -0.2) is 9.97 Å². The minimum absolute atomic E-state index is 0.254. The Morgan fingerprint density at radius 2 is 1.81 bits per heavy atom. The van der Waals surface area contributed by atoms with Crippen molar-refractivity contribution in [3.05, 3.63) is 42.4 Å². The van der Waals surface area contributed by atoms with Crippen LogP contribution >= 0.6 is 12.2 Å². The van der Waals surface area contributed by atoms with E-state index in [2.05, 4.69) is 44.5 Å². The lowest BCUT2D eigenvalue weighted by atomic mass is 10.2. The Balaban J connectivity index is 1.68. The smallest absolute Gasteiger partial charge is 0.148 e. The first kappa shape index (κ1) is 13.8. The highest BCUT2D eigenvalue weighted by Gasteiger charge is 2.11. The number of aromatic nitrogens is 2. The van der Waals surface area contributed by atoms with E-state index in [-0.39, 0.29) is 4.99 Å². The molecule has 0 radical (unpaired) electrons. The predicted octanol–water partition coefficient (Wildman–Crippen LogP) is 2.45. The van der Waals surface area contributed by atoms with Crippen LogP contribution in [0, 0.1) is 0 Å². The number of nitrogens with one attached hydrogen (secondary N) is 1. The lowest BCUT2D eigenvalue weighted by Crippen LogP contribution is -2.17. The number of rotatable bonds is 4. The SMILES string of the molecule is NC(=S)c1cnc(Nc2ccc(N3CCCC3)cc2)cn1. The molecule has 108 valence electrons. The van der Waals surface area contributed by atoms with Crippen LogP contribution in [0.1, 0.15) is 18.5 Å². The first-order valence-corrected chi connectivity index (χ1v) is 7.37. The van der Waals surface area contributed by atoms with Gasteiger partial charge < -0.3 is 16.0 Å². The van der Waals surface area contributed by atoms with Crippen molar-refractivity contribution in [3.63, 3.8) is 0 Å². The number of hydrogen-bond acceptors (Lipinski definition) is 5. The van der Waals surface area contributed by atoms with Crippen LogP contribution in [-0.4, -0.2) is 28.0 Å². The molecular weight excluding hydrogens is 282 g/mol. The third-order valence-corrected chi connectivity index (χ3v) is 3.72. The van der Waals surface area contributed by atoms with Gasteiger partial charge in [0.1, 0.15) is 16.5 Å². The summed E-state index contributed by atoms with van der Waals surface area (Å²) in [6, 6.07) is 8.36. The second-order valence-electron chi connectivity index (χ2n) is 5.02. The molecule has 2 aromatic rings. The first-order valence-electron chi connectivity index (χ1n) is 6.96. The van der Waals surface area contributed by atoms with Gasteiger partial charge in [0.2, 0.25) is 0 Å². The molecular formula is C15H17N5S. The fourth-order valence-corrected chi connectivity index (χ4v) is 2.50. The molecule has 0 atom stereocenters. The molecule has 0 amide bonds. The van der Waals surface area contributed by atoms with Crippen LogP contribution in [0.5, 0.6) is 0 Å². The van der Waals surface area contributed by atoms with E-state index >= 15 is 0 Å². The van der Waals surface area contributed by atoms with Crippen LogP contribution in [0.15, 0.2) is 36.7 Å². The molecule has 3 N–H and O–H groups in total. The summed E-state index contributed by atoms with van der Waals surface area (Å²) in [5.41, 5.74) is 8.28. The molecule has 1 fully saturated rings. The fraction of sp³-hybridized carbons (Fsp3) is 0.267. The minimum atomic E-state index is 0.254. The second kappa shape index (κ2) is 6.05. The molecule has 1 aromatic heterocycles. The van der Waals surface area contributed by atoms with Crippen molar-refractivity contribution in [3.8, 4) is 0 Å². The van der Waals surface area contributed by atoms with Crippen molar-refractivity contribution < 1.29 is 0 Å². The lowest BCUT2D eigenvalue weighted by molar-refractivity contribution is 0.949. The second-order valence-corrected chi connectivity index (χ2v) is 5.46. The quantitative estimate of drug-likeness (QED) is 0.845. The Morgan fingerprint density at radius 3 is 2.38 bits per heavy atom. The maximum Gasteiger partial charge on any atom is 0.148 e. The number of hydrogen-bond donors (Lipinski definition) is 2. The molecule has 0 bridgehead atoms. The number of thiocarbonyl (C=S) groups is 1. The molecule has 1 aromatic carbocycles. The van der Waals surface area contributed by atoms with Crippen molar-refractivity contribution in [2.75, 3.05) is 23.3 Å². The van der Waals surface area contributed by atoms with E-state index in [4.69, 9.17) is 18.0 Å². The molecule has 0 saturated carbocycles. The summed E-state index contributed by atoms with van der Waals surface area (Å²) in [6.45, 7) is 2.30. The van der Waals surface area contributed by atoms with E-state index in [0.29, 0.717) is 11.5 Å². The first-order chi connectivity index (χ1) is 10.2. The van der Waals surface area contributed by atoms with Crippen LogP contribution < -0.4 is 16.0 Å². The Labute approximate surface area is 129 Å². The van der Waals surface area contributed by atoms with Gasteiger partial charge in [0, 0.05) is 24.5 Å². The molecule has 0 unspecified atom stereocenters. The van der Waals surface area contributed by atoms with E-state index in [1.54, 1.807) is 12.4 Å². The van der Waals surface area contributed by atoms with Gasteiger partial charge in [0.25, 0.3) is 0 Å². The van der Waals surface area contributed by atoms with Crippen LogP contribution in [-0.2, 0) is 0 Å². The highest BCUT2D eigenvalue weighted by atomic mass is 32.1. The minimum Gasteiger partial charge on any atom is -0.388 e. The molecule has 1 aliphatic heterocycles. The molecule has 1 saturated heterocycles. The normalized spacial score (nSPS) is 14.2. The van der Waals surface area contributed by atoms with Crippen LogP contribution in [0.3, 0.4) is 0 Å². The van der Waals surface area contributed by atoms with Crippen molar-refractivity contribution in [1.29, 1.82) is 0 Å². The Morgan fingerprint density at radius 1 is 1.10 bits per heavy atom. The van der Waals surface area contributed by atoms with Gasteiger partial charge in [0.15, 0.2) is 0 Å². The zero-order valence-corrected chi connectivity index (χ0v) is 12.4. The summed E-state index contributed by atoms with van der Waals surface area (Å²) >= 11 is 4.85. The van der Waals surface area contributed by atoms with Crippen molar-refractivity contribution in [1.82, 2.24) is 9.97 Å². The maximum absolute atomic E-state index is 5.50. The van der Waals surface area contributed by atoms with Crippen molar-refractivity contribution in [2.45, 2.75) is 12.8 Å². The summed E-state index contributed by atoms with van der Waals surface area (Å²) in [5.74, 6) is 0.670. The van der Waals surface area contributed by atoms with Gasteiger partial charge in [0.05, 0.1) is 12.4 Å². The van der Waals surface area contributed by atoms with E-state index < -0.39 is 0 Å².